The van der Waals surface area contributed by atoms with Gasteiger partial charge in [-0.05, 0) is 66.6 Å². The molecule has 7 nitrogen and oxygen atoms in total. The van der Waals surface area contributed by atoms with E-state index in [4.69, 9.17) is 28.0 Å². The summed E-state index contributed by atoms with van der Waals surface area (Å²) in [6, 6.07) is 27.4. The number of hydrogen-bond donors (Lipinski definition) is 1. The summed E-state index contributed by atoms with van der Waals surface area (Å²) in [5.74, 6) is -0.290. The van der Waals surface area contributed by atoms with Crippen molar-refractivity contribution in [3.8, 4) is 0 Å². The first-order valence-corrected chi connectivity index (χ1v) is 16.4. The maximum atomic E-state index is 14.0. The van der Waals surface area contributed by atoms with Gasteiger partial charge in [0.15, 0.2) is 0 Å². The lowest BCUT2D eigenvalue weighted by Crippen LogP contribution is -2.43. The average Bonchev–Trinajstić information content (AvgIpc) is 3.06. The number of aliphatic hydroxyl groups is 1. The molecule has 0 saturated carbocycles. The molecule has 1 heterocycles. The predicted octanol–water partition coefficient (Wildman–Crippen LogP) is 7.44. The number of rotatable bonds is 11. The lowest BCUT2D eigenvalue weighted by Gasteiger charge is -2.39. The summed E-state index contributed by atoms with van der Waals surface area (Å²) in [7, 11) is 7.32. The Hall–Kier alpha value is -3.62. The molecular weight excluding hydrogens is 619 g/mol. The molecule has 1 unspecified atom stereocenters. The minimum absolute atomic E-state index is 0.102. The first kappa shape index (κ1) is 33.7. The van der Waals surface area contributed by atoms with Crippen LogP contribution in [0.3, 0.4) is 0 Å². The van der Waals surface area contributed by atoms with Crippen LogP contribution in [0.1, 0.15) is 46.7 Å². The molecule has 46 heavy (non-hydrogen) atoms. The number of likely N-dealkylation sites (tertiary alicyclic amines) is 1. The van der Waals surface area contributed by atoms with Gasteiger partial charge in [0.05, 0.1) is 27.9 Å². The molecule has 242 valence electrons. The largest absolute Gasteiger partial charge is 0.399 e. The summed E-state index contributed by atoms with van der Waals surface area (Å²) >= 11 is 12.8. The van der Waals surface area contributed by atoms with Crippen LogP contribution >= 0.6 is 23.2 Å². The third kappa shape index (κ3) is 7.50. The number of carbonyl (C=O) groups is 1. The Morgan fingerprint density at radius 3 is 2.26 bits per heavy atom. The van der Waals surface area contributed by atoms with Crippen LogP contribution in [0.2, 0.25) is 10.0 Å². The van der Waals surface area contributed by atoms with Crippen LogP contribution in [-0.4, -0.2) is 81.0 Å². The van der Waals surface area contributed by atoms with Crippen molar-refractivity contribution in [1.82, 2.24) is 9.80 Å². The van der Waals surface area contributed by atoms with Crippen LogP contribution in [0.5, 0.6) is 0 Å². The molecule has 5 rings (SSSR count). The molecule has 0 radical (unpaired) electrons. The molecule has 0 aliphatic carbocycles. The van der Waals surface area contributed by atoms with Gasteiger partial charge >= 0.3 is 0 Å². The number of piperidine rings is 1. The molecule has 1 N–H and O–H groups in total. The second-order valence-corrected chi connectivity index (χ2v) is 13.1. The topological polar surface area (TPSA) is 68.6 Å². The second-order valence-electron chi connectivity index (χ2n) is 12.3. The number of carbonyl (C=O) groups excluding carboxylic acids is 1. The highest BCUT2D eigenvalue weighted by Crippen LogP contribution is 2.35. The van der Waals surface area contributed by atoms with Gasteiger partial charge in [0.2, 0.25) is 0 Å². The third-order valence-corrected chi connectivity index (χ3v) is 9.78. The summed E-state index contributed by atoms with van der Waals surface area (Å²) in [5, 5.41) is 18.7. The summed E-state index contributed by atoms with van der Waals surface area (Å²) in [5.41, 5.74) is 3.49. The number of hydrogen-bond acceptors (Lipinski definition) is 6. The fourth-order valence-corrected chi connectivity index (χ4v) is 6.76. The maximum Gasteiger partial charge on any atom is 0.254 e. The minimum Gasteiger partial charge on any atom is -0.399 e. The van der Waals surface area contributed by atoms with Crippen molar-refractivity contribution in [1.29, 1.82) is 0 Å². The zero-order chi connectivity index (χ0) is 32.8. The van der Waals surface area contributed by atoms with Crippen molar-refractivity contribution in [2.24, 2.45) is 5.16 Å². The van der Waals surface area contributed by atoms with E-state index in [0.29, 0.717) is 40.6 Å². The number of halogens is 2. The van der Waals surface area contributed by atoms with Gasteiger partial charge in [0.1, 0.15) is 7.11 Å². The Morgan fingerprint density at radius 2 is 1.61 bits per heavy atom. The molecule has 1 aliphatic heterocycles. The molecule has 0 spiro atoms. The molecule has 1 saturated heterocycles. The van der Waals surface area contributed by atoms with Gasteiger partial charge < -0.3 is 24.6 Å². The zero-order valence-electron chi connectivity index (χ0n) is 26.9. The Morgan fingerprint density at radius 1 is 0.935 bits per heavy atom. The Labute approximate surface area is 282 Å². The van der Waals surface area contributed by atoms with E-state index in [1.807, 2.05) is 93.0 Å². The van der Waals surface area contributed by atoms with Crippen LogP contribution < -0.4 is 4.90 Å². The molecule has 1 amide bonds. The van der Waals surface area contributed by atoms with E-state index in [2.05, 4.69) is 15.0 Å². The van der Waals surface area contributed by atoms with E-state index >= 15 is 0 Å². The van der Waals surface area contributed by atoms with Gasteiger partial charge in [0.25, 0.3) is 5.91 Å². The van der Waals surface area contributed by atoms with Gasteiger partial charge in [0, 0.05) is 56.8 Å². The van der Waals surface area contributed by atoms with Crippen LogP contribution in [0.4, 0.5) is 5.69 Å². The summed E-state index contributed by atoms with van der Waals surface area (Å²) in [6.45, 7) is 2.57. The van der Waals surface area contributed by atoms with Gasteiger partial charge in [-0.2, -0.15) is 0 Å². The number of oxime groups is 1. The normalized spacial score (nSPS) is 15.8. The molecule has 9 heteroatoms. The number of nitrogens with zero attached hydrogens (tertiary/aromatic N) is 4. The quantitative estimate of drug-likeness (QED) is 0.134. The smallest absolute Gasteiger partial charge is 0.254 e. The standard InChI is InChI=1S/C37H42Cl2N4O3/c1-41(2)35-17-15-31(29-12-8-9-13-30(29)35)36(44)42(3)25-34(40-46-4)28(26-14-16-32(38)33(39)24-26)18-21-43-22-19-37(45,20-23-43)27-10-6-5-7-11-27/h5-17,24,28,45H,18-23,25H2,1-4H3. The van der Waals surface area contributed by atoms with Gasteiger partial charge in [-0.15, -0.1) is 0 Å². The highest BCUT2D eigenvalue weighted by Gasteiger charge is 2.34. The van der Waals surface area contributed by atoms with Crippen LogP contribution in [0.25, 0.3) is 10.8 Å². The van der Waals surface area contributed by atoms with Crippen molar-refractivity contribution in [2.75, 3.05) is 59.3 Å². The summed E-state index contributed by atoms with van der Waals surface area (Å²) in [6.07, 6.45) is 2.03. The van der Waals surface area contributed by atoms with E-state index in [-0.39, 0.29) is 18.4 Å². The molecule has 1 fully saturated rings. The molecule has 0 bridgehead atoms. The van der Waals surface area contributed by atoms with Crippen molar-refractivity contribution in [3.63, 3.8) is 0 Å². The Balaban J connectivity index is 1.37. The first-order valence-electron chi connectivity index (χ1n) is 15.6. The minimum atomic E-state index is -0.818. The predicted molar refractivity (Wildman–Crippen MR) is 190 cm³/mol. The van der Waals surface area contributed by atoms with Crippen LogP contribution in [-0.2, 0) is 10.4 Å². The molecule has 4 aromatic rings. The van der Waals surface area contributed by atoms with Gasteiger partial charge in [-0.1, -0.05) is 89.0 Å². The maximum absolute atomic E-state index is 14.0. The Bertz CT molecular complexity index is 1690. The highest BCUT2D eigenvalue weighted by molar-refractivity contribution is 6.42. The van der Waals surface area contributed by atoms with Crippen molar-refractivity contribution in [2.45, 2.75) is 30.8 Å². The fraction of sp³-hybridized carbons (Fsp3) is 0.351. The first-order chi connectivity index (χ1) is 22.1. The lowest BCUT2D eigenvalue weighted by molar-refractivity contribution is -0.0261. The number of fused-ring (bicyclic) bond motifs is 1. The SMILES string of the molecule is CON=C(CN(C)C(=O)c1ccc(N(C)C)c2ccccc12)C(CCN1CCC(O)(c2ccccc2)CC1)c1ccc(Cl)c(Cl)c1. The summed E-state index contributed by atoms with van der Waals surface area (Å²) < 4.78 is 0. The molecule has 1 aliphatic rings. The third-order valence-electron chi connectivity index (χ3n) is 9.04. The van der Waals surface area contributed by atoms with Crippen molar-refractivity contribution < 1.29 is 14.7 Å². The fourth-order valence-electron chi connectivity index (χ4n) is 6.45. The number of amides is 1. The van der Waals surface area contributed by atoms with Crippen LogP contribution in [0, 0.1) is 0 Å². The molecular formula is C37H42Cl2N4O3. The highest BCUT2D eigenvalue weighted by atomic mass is 35.5. The number of benzene rings is 4. The monoisotopic (exact) mass is 660 g/mol. The average molecular weight is 662 g/mol. The van der Waals surface area contributed by atoms with E-state index in [0.717, 1.165) is 47.2 Å². The van der Waals surface area contributed by atoms with Crippen molar-refractivity contribution >= 4 is 51.3 Å². The summed E-state index contributed by atoms with van der Waals surface area (Å²) in [4.78, 5) is 25.5. The molecule has 0 aromatic heterocycles. The van der Waals surface area contributed by atoms with Gasteiger partial charge in [-0.3, -0.25) is 4.79 Å². The van der Waals surface area contributed by atoms with Gasteiger partial charge in [-0.25, -0.2) is 0 Å². The van der Waals surface area contributed by atoms with E-state index < -0.39 is 5.60 Å². The van der Waals surface area contributed by atoms with Crippen LogP contribution in [0.15, 0.2) is 90.1 Å². The van der Waals surface area contributed by atoms with Crippen molar-refractivity contribution in [3.05, 3.63) is 112 Å². The van der Waals surface area contributed by atoms with E-state index in [1.165, 1.54) is 7.11 Å². The van der Waals surface area contributed by atoms with E-state index in [1.54, 1.807) is 18.0 Å². The lowest BCUT2D eigenvalue weighted by atomic mass is 9.84. The second kappa shape index (κ2) is 14.9. The van der Waals surface area contributed by atoms with E-state index in [9.17, 15) is 9.90 Å². The Kier molecular flexibility index (Phi) is 10.9. The zero-order valence-corrected chi connectivity index (χ0v) is 28.4. The molecule has 4 aromatic carbocycles. The molecule has 1 atom stereocenters. The number of anilines is 1.